The van der Waals surface area contributed by atoms with Gasteiger partial charge in [0.15, 0.2) is 0 Å². The molecule has 0 fully saturated rings. The minimum atomic E-state index is -1.07. The molecule has 11 rings (SSSR count). The first kappa shape index (κ1) is 24.4. The number of hydrogen-bond acceptors (Lipinski definition) is 1. The van der Waals surface area contributed by atoms with Gasteiger partial charge in [0.2, 0.25) is 0 Å². The Hall–Kier alpha value is -8.26. The third-order valence-electron chi connectivity index (χ3n) is 11.7. The van der Waals surface area contributed by atoms with Crippen LogP contribution in [0.25, 0.3) is 61.0 Å². The van der Waals surface area contributed by atoms with Crippen LogP contribution >= 0.6 is 0 Å². The lowest BCUT2D eigenvalue weighted by Crippen LogP contribution is -2.28. The molecule has 1 heteroatoms. The van der Waals surface area contributed by atoms with Crippen molar-refractivity contribution in [3.05, 3.63) is 295 Å². The largest absolute Gasteiger partial charge is 0.311 e. The summed E-state index contributed by atoms with van der Waals surface area (Å²) in [6, 6.07) is 37.6. The van der Waals surface area contributed by atoms with Crippen LogP contribution in [0.5, 0.6) is 0 Å². The Balaban J connectivity index is 1.20. The van der Waals surface area contributed by atoms with Crippen molar-refractivity contribution in [1.29, 1.82) is 0 Å². The Morgan fingerprint density at radius 2 is 1.09 bits per heavy atom. The van der Waals surface area contributed by atoms with Gasteiger partial charge in [-0.25, -0.2) is 0 Å². The van der Waals surface area contributed by atoms with Crippen molar-refractivity contribution in [2.45, 2.75) is 5.41 Å². The van der Waals surface area contributed by atoms with Crippen molar-refractivity contribution in [3.63, 3.8) is 0 Å². The smallest absolute Gasteiger partial charge is 0.0714 e. The van der Waals surface area contributed by atoms with E-state index < -0.39 is 130 Å². The summed E-state index contributed by atoms with van der Waals surface area (Å²) in [6.45, 7) is 0.561. The van der Waals surface area contributed by atoms with Gasteiger partial charge in [0, 0.05) is 17.1 Å². The summed E-state index contributed by atoms with van der Waals surface area (Å²) >= 11 is 0. The minimum absolute atomic E-state index is 0.0320. The molecule has 10 aromatic carbocycles. The molecule has 64 heavy (non-hydrogen) atoms. The number of hydrogen-bond donors (Lipinski definition) is 0. The van der Waals surface area contributed by atoms with Gasteiger partial charge >= 0.3 is 0 Å². The molecule has 0 atom stereocenters. The fourth-order valence-electron chi connectivity index (χ4n) is 8.98. The number of benzene rings is 10. The van der Waals surface area contributed by atoms with E-state index in [4.69, 9.17) is 8.22 Å². The maximum absolute atomic E-state index is 9.91. The number of anilines is 2. The molecule has 0 radical (unpaired) electrons. The average Bonchev–Trinajstić information content (AvgIpc) is 3.38. The average molecular weight is 833 g/mol. The molecule has 10 aromatic rings. The Morgan fingerprint density at radius 1 is 0.500 bits per heavy atom. The zero-order valence-corrected chi connectivity index (χ0v) is 34.1. The number of rotatable bonds is 10. The zero-order chi connectivity index (χ0) is 57.5. The lowest BCUT2D eigenvalue weighted by Gasteiger charge is -2.35. The molecule has 0 aromatic heterocycles. The van der Waals surface area contributed by atoms with Crippen molar-refractivity contribution in [1.82, 2.24) is 0 Å². The molecule has 1 aliphatic rings. The fraction of sp³-hybridized carbons (Fsp3) is 0.0159. The second-order valence-corrected chi connectivity index (χ2v) is 15.2. The monoisotopic (exact) mass is 832 g/mol. The lowest BCUT2D eigenvalue weighted by molar-refractivity contribution is 0.768. The van der Waals surface area contributed by atoms with E-state index in [2.05, 4.69) is 0 Å². The first-order valence-corrected chi connectivity index (χ1v) is 20.7. The van der Waals surface area contributed by atoms with Crippen LogP contribution in [0.2, 0.25) is 0 Å². The second-order valence-electron chi connectivity index (χ2n) is 15.2. The van der Waals surface area contributed by atoms with Gasteiger partial charge in [0.05, 0.1) is 28.7 Å². The highest BCUT2D eigenvalue weighted by atomic mass is 15.1. The number of fused-ring (bicyclic) bond motifs is 6. The second kappa shape index (κ2) is 16.5. The van der Waals surface area contributed by atoms with Crippen LogP contribution < -0.4 is 4.90 Å². The van der Waals surface area contributed by atoms with E-state index in [-0.39, 0.29) is 11.3 Å². The minimum Gasteiger partial charge on any atom is -0.311 e. The maximum atomic E-state index is 9.91. The van der Waals surface area contributed by atoms with Gasteiger partial charge < -0.3 is 4.90 Å². The van der Waals surface area contributed by atoms with Gasteiger partial charge in [-0.1, -0.05) is 225 Å². The SMILES string of the molecule is [2H]C=C([2H])/C(=C([2H])\C([2H])=C\c1c([2H])c([2H])c([2H])c([2H])c1[2H])N(c1ccc2c(c1)C(c1ccccc1)(c1ccccc1)c1ccccc1-2)c1c([2H])c([2H])c(-c2c([2H])c([2H])c(-c3cc4ccccc4c4ccccc34)c([2H])c2[2H])c([2H])c1[2H]. The van der Waals surface area contributed by atoms with Crippen molar-refractivity contribution in [2.24, 2.45) is 0 Å². The lowest BCUT2D eigenvalue weighted by atomic mass is 9.67. The van der Waals surface area contributed by atoms with Crippen LogP contribution in [0.15, 0.2) is 267 Å². The normalized spacial score (nSPS) is 17.3. The summed E-state index contributed by atoms with van der Waals surface area (Å²) in [5.74, 6) is 0. The molecule has 0 aliphatic heterocycles. The molecule has 0 bridgehead atoms. The quantitative estimate of drug-likeness (QED) is 0.0980. The van der Waals surface area contributed by atoms with Crippen LogP contribution in [-0.2, 0) is 5.41 Å². The Morgan fingerprint density at radius 3 is 1.81 bits per heavy atom. The molecular weight excluding hydrogens is 771 g/mol. The molecule has 1 nitrogen and oxygen atoms in total. The molecule has 0 heterocycles. The zero-order valence-electron chi connectivity index (χ0n) is 51.1. The highest BCUT2D eigenvalue weighted by molar-refractivity contribution is 6.13. The van der Waals surface area contributed by atoms with Crippen LogP contribution in [0.3, 0.4) is 0 Å². The van der Waals surface area contributed by atoms with Gasteiger partial charge in [-0.05, 0) is 125 Å². The molecule has 0 N–H and O–H groups in total. The predicted octanol–water partition coefficient (Wildman–Crippen LogP) is 16.6. The van der Waals surface area contributed by atoms with Crippen LogP contribution in [-0.4, -0.2) is 0 Å². The van der Waals surface area contributed by atoms with Gasteiger partial charge in [0.25, 0.3) is 0 Å². The molecule has 0 amide bonds. The Bertz CT molecular complexity index is 4250. The van der Waals surface area contributed by atoms with Gasteiger partial charge in [-0.3, -0.25) is 0 Å². The molecule has 0 unspecified atom stereocenters. The highest BCUT2D eigenvalue weighted by Crippen LogP contribution is 2.57. The third kappa shape index (κ3) is 6.67. The summed E-state index contributed by atoms with van der Waals surface area (Å²) in [7, 11) is 0. The molecular formula is C63H45N. The number of nitrogens with zero attached hydrogens (tertiary/aromatic N) is 1. The van der Waals surface area contributed by atoms with Crippen molar-refractivity contribution in [2.75, 3.05) is 4.90 Å². The van der Waals surface area contributed by atoms with Gasteiger partial charge in [0.1, 0.15) is 0 Å². The van der Waals surface area contributed by atoms with E-state index in [9.17, 15) is 15.1 Å². The van der Waals surface area contributed by atoms with E-state index >= 15 is 0 Å². The third-order valence-corrected chi connectivity index (χ3v) is 11.7. The first-order chi connectivity index (χ1) is 38.9. The number of allylic oxidation sites excluding steroid dienone is 3. The maximum Gasteiger partial charge on any atom is 0.0714 e. The topological polar surface area (TPSA) is 3.24 Å². The van der Waals surface area contributed by atoms with Gasteiger partial charge in [-0.2, -0.15) is 0 Å². The standard InChI is InChI=1S/C63H45N/c1-2-52(27-18-21-45-19-6-3-7-20-45)64(54-41-42-59-58-31-16-17-32-61(58)63(62(59)44-54,50-23-8-4-9-24-50)51-25-10-5-11-26-51)53-39-37-47(38-40-53)46-33-35-48(36-34-46)60-43-49-22-12-13-28-55(49)56-29-14-15-30-57(56)60/h2-44H,1H2/b21-18+,52-27+/i1D,2D,3D,6D,7D,18D,19D,20D,27D,33D,34D,35D,36D,37D,38D,39D,40D/b2-1?,21-18+,52-27+. The van der Waals surface area contributed by atoms with E-state index in [0.29, 0.717) is 23.1 Å². The van der Waals surface area contributed by atoms with Crippen LogP contribution in [0.4, 0.5) is 11.4 Å². The Kier molecular flexibility index (Phi) is 6.31. The fourth-order valence-corrected chi connectivity index (χ4v) is 8.98. The summed E-state index contributed by atoms with van der Waals surface area (Å²) in [5, 5.41) is 3.17. The van der Waals surface area contributed by atoms with Crippen molar-refractivity contribution < 1.29 is 23.3 Å². The van der Waals surface area contributed by atoms with Crippen molar-refractivity contribution in [3.8, 4) is 33.4 Å². The van der Waals surface area contributed by atoms with E-state index in [1.807, 2.05) is 127 Å². The van der Waals surface area contributed by atoms with E-state index in [0.717, 1.165) is 55.0 Å². The van der Waals surface area contributed by atoms with Crippen LogP contribution in [0, 0.1) is 0 Å². The van der Waals surface area contributed by atoms with Crippen molar-refractivity contribution >= 4 is 39.0 Å². The summed E-state index contributed by atoms with van der Waals surface area (Å²) < 4.78 is 156. The molecule has 0 saturated heterocycles. The summed E-state index contributed by atoms with van der Waals surface area (Å²) in [5.41, 5.74) is 1.44. The highest BCUT2D eigenvalue weighted by Gasteiger charge is 2.46. The van der Waals surface area contributed by atoms with Gasteiger partial charge in [-0.15, -0.1) is 0 Å². The van der Waals surface area contributed by atoms with E-state index in [1.54, 1.807) is 30.3 Å². The summed E-state index contributed by atoms with van der Waals surface area (Å²) in [4.78, 5) is 1.07. The Labute approximate surface area is 399 Å². The molecule has 0 saturated carbocycles. The molecule has 0 spiro atoms. The predicted molar refractivity (Wildman–Crippen MR) is 272 cm³/mol. The first-order valence-electron chi connectivity index (χ1n) is 29.2. The molecule has 302 valence electrons. The van der Waals surface area contributed by atoms with E-state index in [1.165, 1.54) is 0 Å². The van der Waals surface area contributed by atoms with Crippen LogP contribution in [0.1, 0.15) is 51.1 Å². The molecule has 1 aliphatic carbocycles. The summed E-state index contributed by atoms with van der Waals surface area (Å²) in [6.07, 6.45) is 0.859.